The van der Waals surface area contributed by atoms with Crippen LogP contribution in [0.3, 0.4) is 0 Å². The van der Waals surface area contributed by atoms with Crippen molar-refractivity contribution in [2.45, 2.75) is 31.3 Å². The highest BCUT2D eigenvalue weighted by atomic mass is 16.3. The van der Waals surface area contributed by atoms with Gasteiger partial charge in [0.2, 0.25) is 5.91 Å². The zero-order chi connectivity index (χ0) is 25.7. The molecule has 0 bridgehead atoms. The van der Waals surface area contributed by atoms with Crippen LogP contribution < -0.4 is 11.1 Å². The molecule has 1 fully saturated rings. The summed E-state index contributed by atoms with van der Waals surface area (Å²) in [4.78, 5) is 33.1. The van der Waals surface area contributed by atoms with E-state index in [-0.39, 0.29) is 23.9 Å². The van der Waals surface area contributed by atoms with Gasteiger partial charge in [0.1, 0.15) is 11.4 Å². The van der Waals surface area contributed by atoms with E-state index in [1.54, 1.807) is 24.1 Å². The zero-order valence-corrected chi connectivity index (χ0v) is 20.4. The van der Waals surface area contributed by atoms with Crippen LogP contribution in [0, 0.1) is 5.41 Å². The second kappa shape index (κ2) is 10.7. The first kappa shape index (κ1) is 25.1. The number of β-amino-alcohol motifs (C(OH)–C–C–N with tert-alkyl or cyclic N) is 1. The normalized spacial score (nSPS) is 18.8. The molecule has 2 aromatic carbocycles. The van der Waals surface area contributed by atoms with E-state index in [0.717, 1.165) is 5.56 Å². The minimum atomic E-state index is -1.16. The van der Waals surface area contributed by atoms with Crippen LogP contribution in [0.25, 0.3) is 5.70 Å². The Morgan fingerprint density at radius 1 is 1.14 bits per heavy atom. The standard InChI is InChI=1S/C27H32N6O3/c1-30-24(20-9-5-6-10-21(20)28)25-23(29)26(35)33(18-31-25)17-27(36)13-15-32(16-14-27)22(34)12-11-19-7-3-2-4-8-19/h2-10,18,29-30,36H,11-17,28H2,1H3/b25-24+,29-23?. The summed E-state index contributed by atoms with van der Waals surface area (Å²) in [6.07, 6.45) is 3.16. The topological polar surface area (TPSA) is 135 Å². The Morgan fingerprint density at radius 2 is 1.81 bits per heavy atom. The summed E-state index contributed by atoms with van der Waals surface area (Å²) in [6, 6.07) is 17.0. The Hall–Kier alpha value is -3.98. The SMILES string of the molecule is CN/C(=C1/N=CN(CC2(O)CCN(C(=O)CCc3ccccc3)CC2)C(=O)C1=N)c1ccccc1N. The van der Waals surface area contributed by atoms with Crippen molar-refractivity contribution in [3.8, 4) is 0 Å². The number of carbonyl (C=O) groups excluding carboxylic acids is 2. The number of aliphatic hydroxyl groups is 1. The van der Waals surface area contributed by atoms with E-state index in [4.69, 9.17) is 11.1 Å². The van der Waals surface area contributed by atoms with Gasteiger partial charge in [-0.2, -0.15) is 0 Å². The molecule has 0 radical (unpaired) electrons. The summed E-state index contributed by atoms with van der Waals surface area (Å²) in [7, 11) is 1.69. The van der Waals surface area contributed by atoms with E-state index in [2.05, 4.69) is 10.3 Å². The number of benzene rings is 2. The van der Waals surface area contributed by atoms with Crippen molar-refractivity contribution in [3.63, 3.8) is 0 Å². The average molecular weight is 489 g/mol. The molecule has 36 heavy (non-hydrogen) atoms. The van der Waals surface area contributed by atoms with Gasteiger partial charge in [-0.15, -0.1) is 0 Å². The highest BCUT2D eigenvalue weighted by Gasteiger charge is 2.38. The molecule has 2 amide bonds. The molecule has 0 unspecified atom stereocenters. The number of nitrogens with one attached hydrogen (secondary N) is 2. The number of para-hydroxylation sites is 1. The molecule has 9 nitrogen and oxygen atoms in total. The number of hydrogen-bond donors (Lipinski definition) is 4. The Morgan fingerprint density at radius 3 is 2.47 bits per heavy atom. The van der Waals surface area contributed by atoms with E-state index in [0.29, 0.717) is 55.7 Å². The summed E-state index contributed by atoms with van der Waals surface area (Å²) in [5.74, 6) is -0.482. The molecule has 2 aromatic rings. The lowest BCUT2D eigenvalue weighted by Gasteiger charge is -2.40. The molecule has 1 saturated heterocycles. The molecule has 4 rings (SSSR count). The zero-order valence-electron chi connectivity index (χ0n) is 20.4. The maximum absolute atomic E-state index is 13.0. The number of carbonyl (C=O) groups is 2. The molecule has 0 aliphatic carbocycles. The number of nitrogens with zero attached hydrogens (tertiary/aromatic N) is 3. The number of rotatable bonds is 7. The van der Waals surface area contributed by atoms with Crippen molar-refractivity contribution in [1.29, 1.82) is 5.41 Å². The quantitative estimate of drug-likeness (QED) is 0.442. The summed E-state index contributed by atoms with van der Waals surface area (Å²) in [5.41, 5.74) is 7.61. The summed E-state index contributed by atoms with van der Waals surface area (Å²) in [6.45, 7) is 0.853. The molecule has 0 spiro atoms. The number of hydrogen-bond acceptors (Lipinski definition) is 7. The van der Waals surface area contributed by atoms with Gasteiger partial charge in [-0.1, -0.05) is 48.5 Å². The number of aryl methyl sites for hydroxylation is 1. The third-order valence-electron chi connectivity index (χ3n) is 6.74. The number of likely N-dealkylation sites (tertiary alicyclic amines) is 1. The molecular weight excluding hydrogens is 456 g/mol. The van der Waals surface area contributed by atoms with Crippen LogP contribution >= 0.6 is 0 Å². The van der Waals surface area contributed by atoms with Crippen molar-refractivity contribution < 1.29 is 14.7 Å². The number of amides is 2. The molecule has 0 saturated carbocycles. The van der Waals surface area contributed by atoms with Crippen LogP contribution in [-0.4, -0.2) is 71.1 Å². The fourth-order valence-corrected chi connectivity index (χ4v) is 4.60. The summed E-state index contributed by atoms with van der Waals surface area (Å²) < 4.78 is 0. The third-order valence-corrected chi connectivity index (χ3v) is 6.74. The first-order valence-electron chi connectivity index (χ1n) is 12.1. The number of piperidine rings is 1. The Balaban J connectivity index is 1.39. The minimum absolute atomic E-state index is 0.0133. The van der Waals surface area contributed by atoms with Crippen LogP contribution in [0.4, 0.5) is 5.69 Å². The van der Waals surface area contributed by atoms with Gasteiger partial charge in [0.25, 0.3) is 5.91 Å². The molecule has 2 aliphatic rings. The first-order chi connectivity index (χ1) is 17.3. The smallest absolute Gasteiger partial charge is 0.279 e. The second-order valence-corrected chi connectivity index (χ2v) is 9.20. The number of anilines is 1. The maximum atomic E-state index is 13.0. The fourth-order valence-electron chi connectivity index (χ4n) is 4.60. The molecule has 0 aromatic heterocycles. The average Bonchev–Trinajstić information content (AvgIpc) is 2.89. The van der Waals surface area contributed by atoms with E-state index in [1.165, 1.54) is 11.2 Å². The van der Waals surface area contributed by atoms with E-state index >= 15 is 0 Å². The van der Waals surface area contributed by atoms with Crippen LogP contribution in [0.15, 0.2) is 65.3 Å². The van der Waals surface area contributed by atoms with Crippen LogP contribution in [0.2, 0.25) is 0 Å². The largest absolute Gasteiger partial charge is 0.398 e. The van der Waals surface area contributed by atoms with Gasteiger partial charge in [0.15, 0.2) is 0 Å². The maximum Gasteiger partial charge on any atom is 0.279 e. The lowest BCUT2D eigenvalue weighted by molar-refractivity contribution is -0.137. The van der Waals surface area contributed by atoms with Gasteiger partial charge in [0, 0.05) is 37.8 Å². The molecule has 0 atom stereocenters. The molecule has 2 aliphatic heterocycles. The van der Waals surface area contributed by atoms with Gasteiger partial charge in [-0.05, 0) is 30.9 Å². The molecule has 188 valence electrons. The minimum Gasteiger partial charge on any atom is -0.398 e. The van der Waals surface area contributed by atoms with Crippen molar-refractivity contribution in [2.75, 3.05) is 32.4 Å². The van der Waals surface area contributed by atoms with Crippen molar-refractivity contribution in [3.05, 3.63) is 71.4 Å². The number of aliphatic imine (C=N–C) groups is 1. The lowest BCUT2D eigenvalue weighted by atomic mass is 9.90. The van der Waals surface area contributed by atoms with Crippen LogP contribution in [-0.2, 0) is 16.0 Å². The van der Waals surface area contributed by atoms with Crippen molar-refractivity contribution >= 4 is 35.2 Å². The van der Waals surface area contributed by atoms with Crippen molar-refractivity contribution in [1.82, 2.24) is 15.1 Å². The predicted molar refractivity (Wildman–Crippen MR) is 140 cm³/mol. The van der Waals surface area contributed by atoms with E-state index in [1.807, 2.05) is 42.5 Å². The number of nitrogen functional groups attached to an aromatic ring is 1. The monoisotopic (exact) mass is 488 g/mol. The fraction of sp³-hybridized carbons (Fsp3) is 0.333. The lowest BCUT2D eigenvalue weighted by Crippen LogP contribution is -2.54. The van der Waals surface area contributed by atoms with Gasteiger partial charge >= 0.3 is 0 Å². The summed E-state index contributed by atoms with van der Waals surface area (Å²) in [5, 5.41) is 22.6. The highest BCUT2D eigenvalue weighted by Crippen LogP contribution is 2.28. The van der Waals surface area contributed by atoms with Crippen molar-refractivity contribution in [2.24, 2.45) is 4.99 Å². The van der Waals surface area contributed by atoms with E-state index < -0.39 is 11.5 Å². The molecular formula is C27H32N6O3. The molecule has 5 N–H and O–H groups in total. The molecule has 2 heterocycles. The van der Waals surface area contributed by atoms with Gasteiger partial charge in [-0.3, -0.25) is 19.9 Å². The van der Waals surface area contributed by atoms with Gasteiger partial charge in [0.05, 0.1) is 24.2 Å². The Kier molecular flexibility index (Phi) is 7.49. The highest BCUT2D eigenvalue weighted by molar-refractivity contribution is 6.47. The second-order valence-electron chi connectivity index (χ2n) is 9.20. The molecule has 9 heteroatoms. The van der Waals surface area contributed by atoms with Gasteiger partial charge < -0.3 is 21.1 Å². The number of nitrogens with two attached hydrogens (primary N) is 1. The summed E-state index contributed by atoms with van der Waals surface area (Å²) >= 11 is 0. The predicted octanol–water partition coefficient (Wildman–Crippen LogP) is 2.03. The van der Waals surface area contributed by atoms with Crippen LogP contribution in [0.1, 0.15) is 30.4 Å². The third kappa shape index (κ3) is 5.46. The Labute approximate surface area is 210 Å². The van der Waals surface area contributed by atoms with E-state index in [9.17, 15) is 14.7 Å². The first-order valence-corrected chi connectivity index (χ1v) is 12.1. The Bertz CT molecular complexity index is 1200. The van der Waals surface area contributed by atoms with Crippen LogP contribution in [0.5, 0.6) is 0 Å². The van der Waals surface area contributed by atoms with Gasteiger partial charge in [-0.25, -0.2) is 4.99 Å².